The van der Waals surface area contributed by atoms with Gasteiger partial charge in [0.1, 0.15) is 0 Å². The fourth-order valence-electron chi connectivity index (χ4n) is 1.90. The molecule has 1 aliphatic rings. The molecule has 0 bridgehead atoms. The zero-order valence-corrected chi connectivity index (χ0v) is 10.0. The van der Waals surface area contributed by atoms with E-state index in [2.05, 4.69) is 4.90 Å². The minimum Gasteiger partial charge on any atom is -0.462 e. The maximum absolute atomic E-state index is 11.4. The van der Waals surface area contributed by atoms with E-state index in [0.717, 1.165) is 13.1 Å². The molecular formula is C11H21NO3. The van der Waals surface area contributed by atoms with Gasteiger partial charge in [-0.15, -0.1) is 0 Å². The van der Waals surface area contributed by atoms with Crippen LogP contribution in [0.4, 0.5) is 0 Å². The van der Waals surface area contributed by atoms with Crippen LogP contribution in [0.25, 0.3) is 0 Å². The molecule has 0 aliphatic carbocycles. The number of hydrogen-bond acceptors (Lipinski definition) is 4. The van der Waals surface area contributed by atoms with Gasteiger partial charge in [0, 0.05) is 13.1 Å². The minimum atomic E-state index is -0.147. The van der Waals surface area contributed by atoms with Crippen LogP contribution < -0.4 is 0 Å². The lowest BCUT2D eigenvalue weighted by Crippen LogP contribution is -2.47. The summed E-state index contributed by atoms with van der Waals surface area (Å²) in [7, 11) is 0. The van der Waals surface area contributed by atoms with Crippen LogP contribution in [0.1, 0.15) is 27.7 Å². The van der Waals surface area contributed by atoms with E-state index < -0.39 is 0 Å². The van der Waals surface area contributed by atoms with E-state index in [1.54, 1.807) is 0 Å². The molecular weight excluding hydrogens is 194 g/mol. The third-order valence-corrected chi connectivity index (χ3v) is 2.22. The molecule has 0 saturated carbocycles. The Labute approximate surface area is 91.5 Å². The molecule has 15 heavy (non-hydrogen) atoms. The van der Waals surface area contributed by atoms with Crippen LogP contribution in [0.5, 0.6) is 0 Å². The molecule has 1 aliphatic heterocycles. The summed E-state index contributed by atoms with van der Waals surface area (Å²) >= 11 is 0. The Hall–Kier alpha value is -0.610. The number of morpholine rings is 1. The smallest absolute Gasteiger partial charge is 0.320 e. The first-order valence-corrected chi connectivity index (χ1v) is 5.54. The van der Waals surface area contributed by atoms with E-state index in [0.29, 0.717) is 6.54 Å². The topological polar surface area (TPSA) is 38.8 Å². The van der Waals surface area contributed by atoms with Crippen molar-refractivity contribution in [2.45, 2.75) is 46.0 Å². The van der Waals surface area contributed by atoms with Crippen LogP contribution in [0, 0.1) is 0 Å². The lowest BCUT2D eigenvalue weighted by molar-refractivity contribution is -0.151. The molecule has 4 nitrogen and oxygen atoms in total. The number of carbonyl (C=O) groups is 1. The highest BCUT2D eigenvalue weighted by Gasteiger charge is 2.24. The van der Waals surface area contributed by atoms with E-state index in [9.17, 15) is 4.79 Å². The van der Waals surface area contributed by atoms with Crippen molar-refractivity contribution in [1.82, 2.24) is 4.90 Å². The Morgan fingerprint density at radius 1 is 1.40 bits per heavy atom. The quantitative estimate of drug-likeness (QED) is 0.660. The Morgan fingerprint density at radius 2 is 1.93 bits per heavy atom. The highest BCUT2D eigenvalue weighted by molar-refractivity contribution is 5.71. The van der Waals surface area contributed by atoms with E-state index in [-0.39, 0.29) is 24.3 Å². The summed E-state index contributed by atoms with van der Waals surface area (Å²) in [5.41, 5.74) is 0. The Balaban J connectivity index is 2.34. The monoisotopic (exact) mass is 215 g/mol. The molecule has 0 radical (unpaired) electrons. The molecule has 2 unspecified atom stereocenters. The molecule has 0 aromatic rings. The van der Waals surface area contributed by atoms with Crippen molar-refractivity contribution in [2.24, 2.45) is 0 Å². The van der Waals surface area contributed by atoms with Crippen molar-refractivity contribution < 1.29 is 14.3 Å². The fraction of sp³-hybridized carbons (Fsp3) is 0.909. The van der Waals surface area contributed by atoms with Gasteiger partial charge in [0.25, 0.3) is 0 Å². The van der Waals surface area contributed by atoms with Gasteiger partial charge in [-0.1, -0.05) is 0 Å². The SMILES string of the molecule is CC(C)OC(=O)CN1CC(C)OC(C)C1. The normalized spacial score (nSPS) is 28.1. The van der Waals surface area contributed by atoms with E-state index >= 15 is 0 Å². The second kappa shape index (κ2) is 5.47. The van der Waals surface area contributed by atoms with Gasteiger partial charge < -0.3 is 9.47 Å². The molecule has 4 heteroatoms. The highest BCUT2D eigenvalue weighted by Crippen LogP contribution is 2.10. The predicted molar refractivity (Wildman–Crippen MR) is 57.7 cm³/mol. The molecule has 1 rings (SSSR count). The number of hydrogen-bond donors (Lipinski definition) is 0. The molecule has 0 N–H and O–H groups in total. The van der Waals surface area contributed by atoms with Gasteiger partial charge in [0.2, 0.25) is 0 Å². The molecule has 0 amide bonds. The average Bonchev–Trinajstić information content (AvgIpc) is 1.98. The Bertz CT molecular complexity index is 208. The summed E-state index contributed by atoms with van der Waals surface area (Å²) in [5, 5.41) is 0. The first-order chi connectivity index (χ1) is 6.97. The number of ether oxygens (including phenoxy) is 2. The van der Waals surface area contributed by atoms with Crippen molar-refractivity contribution >= 4 is 5.97 Å². The molecule has 1 heterocycles. The van der Waals surface area contributed by atoms with Gasteiger partial charge in [0.05, 0.1) is 24.9 Å². The van der Waals surface area contributed by atoms with Gasteiger partial charge in [-0.25, -0.2) is 0 Å². The molecule has 2 atom stereocenters. The second-order valence-corrected chi connectivity index (χ2v) is 4.49. The predicted octanol–water partition coefficient (Wildman–Crippen LogP) is 1.05. The van der Waals surface area contributed by atoms with Gasteiger partial charge >= 0.3 is 5.97 Å². The standard InChI is InChI=1S/C11H21NO3/c1-8(2)14-11(13)7-12-5-9(3)15-10(4)6-12/h8-10H,5-7H2,1-4H3. The van der Waals surface area contributed by atoms with Crippen LogP contribution in [0.2, 0.25) is 0 Å². The van der Waals surface area contributed by atoms with Crippen LogP contribution in [-0.4, -0.2) is 48.8 Å². The summed E-state index contributed by atoms with van der Waals surface area (Å²) in [5.74, 6) is -0.147. The van der Waals surface area contributed by atoms with Crippen molar-refractivity contribution in [1.29, 1.82) is 0 Å². The lowest BCUT2D eigenvalue weighted by Gasteiger charge is -2.34. The fourth-order valence-corrected chi connectivity index (χ4v) is 1.90. The van der Waals surface area contributed by atoms with Crippen LogP contribution in [0.15, 0.2) is 0 Å². The lowest BCUT2D eigenvalue weighted by atomic mass is 10.2. The molecule has 1 fully saturated rings. The minimum absolute atomic E-state index is 0.0339. The van der Waals surface area contributed by atoms with Gasteiger partial charge in [-0.2, -0.15) is 0 Å². The molecule has 0 aromatic carbocycles. The molecule has 0 aromatic heterocycles. The average molecular weight is 215 g/mol. The van der Waals surface area contributed by atoms with Gasteiger partial charge in [-0.05, 0) is 27.7 Å². The summed E-state index contributed by atoms with van der Waals surface area (Å²) in [6, 6.07) is 0. The Morgan fingerprint density at radius 3 is 2.40 bits per heavy atom. The molecule has 1 saturated heterocycles. The highest BCUT2D eigenvalue weighted by atomic mass is 16.5. The van der Waals surface area contributed by atoms with Crippen LogP contribution in [-0.2, 0) is 14.3 Å². The third kappa shape index (κ3) is 4.62. The van der Waals surface area contributed by atoms with Crippen molar-refractivity contribution in [3.8, 4) is 0 Å². The van der Waals surface area contributed by atoms with Crippen molar-refractivity contribution in [3.05, 3.63) is 0 Å². The summed E-state index contributed by atoms with van der Waals surface area (Å²) in [6.45, 7) is 9.75. The molecule has 0 spiro atoms. The summed E-state index contributed by atoms with van der Waals surface area (Å²) in [6.07, 6.45) is 0.356. The van der Waals surface area contributed by atoms with Crippen LogP contribution in [0.3, 0.4) is 0 Å². The zero-order chi connectivity index (χ0) is 11.4. The number of esters is 1. The van der Waals surface area contributed by atoms with E-state index in [4.69, 9.17) is 9.47 Å². The van der Waals surface area contributed by atoms with Crippen molar-refractivity contribution in [2.75, 3.05) is 19.6 Å². The summed E-state index contributed by atoms with van der Waals surface area (Å²) < 4.78 is 10.7. The zero-order valence-electron chi connectivity index (χ0n) is 10.0. The first kappa shape index (κ1) is 12.5. The number of nitrogens with zero attached hydrogens (tertiary/aromatic N) is 1. The maximum Gasteiger partial charge on any atom is 0.320 e. The molecule has 88 valence electrons. The number of rotatable bonds is 3. The van der Waals surface area contributed by atoms with Gasteiger partial charge in [-0.3, -0.25) is 9.69 Å². The van der Waals surface area contributed by atoms with Gasteiger partial charge in [0.15, 0.2) is 0 Å². The van der Waals surface area contributed by atoms with Crippen molar-refractivity contribution in [3.63, 3.8) is 0 Å². The van der Waals surface area contributed by atoms with Crippen LogP contribution >= 0.6 is 0 Å². The number of carbonyl (C=O) groups excluding carboxylic acids is 1. The van der Waals surface area contributed by atoms with E-state index in [1.165, 1.54) is 0 Å². The second-order valence-electron chi connectivity index (χ2n) is 4.49. The largest absolute Gasteiger partial charge is 0.462 e. The third-order valence-electron chi connectivity index (χ3n) is 2.22. The Kier molecular flexibility index (Phi) is 4.54. The summed E-state index contributed by atoms with van der Waals surface area (Å²) in [4.78, 5) is 13.5. The maximum atomic E-state index is 11.4. The van der Waals surface area contributed by atoms with E-state index in [1.807, 2.05) is 27.7 Å². The first-order valence-electron chi connectivity index (χ1n) is 5.54.